The quantitative estimate of drug-likeness (QED) is 0.285. The highest BCUT2D eigenvalue weighted by Crippen LogP contribution is 2.41. The van der Waals surface area contributed by atoms with Gasteiger partial charge in [-0.3, -0.25) is 9.89 Å². The Morgan fingerprint density at radius 3 is 2.24 bits per heavy atom. The van der Waals surface area contributed by atoms with Crippen LogP contribution >= 0.6 is 0 Å². The lowest BCUT2D eigenvalue weighted by atomic mass is 10.0. The zero-order chi connectivity index (χ0) is 26.6. The third kappa shape index (κ3) is 4.76. The number of pyridine rings is 1. The summed E-state index contributed by atoms with van der Waals surface area (Å²) in [5.74, 6) is 1.33. The zero-order valence-electron chi connectivity index (χ0n) is 21.7. The van der Waals surface area contributed by atoms with Crippen LogP contribution in [0.25, 0.3) is 33.5 Å². The van der Waals surface area contributed by atoms with Crippen molar-refractivity contribution in [3.05, 3.63) is 89.5 Å². The number of carbonyl (C=O) groups is 1. The molecule has 0 saturated carbocycles. The molecule has 5 aromatic rings. The van der Waals surface area contributed by atoms with E-state index in [1.807, 2.05) is 61.5 Å². The molecule has 2 aromatic heterocycles. The molecule has 0 unspecified atom stereocenters. The lowest BCUT2D eigenvalue weighted by molar-refractivity contribution is 0.0952. The third-order valence-electron chi connectivity index (χ3n) is 6.39. The lowest BCUT2D eigenvalue weighted by Gasteiger charge is -2.15. The van der Waals surface area contributed by atoms with Gasteiger partial charge in [-0.25, -0.2) is 4.98 Å². The molecule has 3 aromatic carbocycles. The first kappa shape index (κ1) is 24.8. The number of nitrogens with one attached hydrogen (secondary N) is 2. The number of aromatic amines is 1. The summed E-state index contributed by atoms with van der Waals surface area (Å²) >= 11 is 0. The average molecular weight is 509 g/mol. The topological polar surface area (TPSA) is 98.4 Å². The molecule has 192 valence electrons. The van der Waals surface area contributed by atoms with E-state index in [-0.39, 0.29) is 5.91 Å². The normalized spacial score (nSPS) is 10.8. The van der Waals surface area contributed by atoms with Crippen molar-refractivity contribution < 1.29 is 19.0 Å². The Balaban J connectivity index is 1.65. The van der Waals surface area contributed by atoms with Gasteiger partial charge >= 0.3 is 0 Å². The lowest BCUT2D eigenvalue weighted by Crippen LogP contribution is -2.23. The van der Waals surface area contributed by atoms with Crippen LogP contribution in [0.1, 0.15) is 21.5 Å². The third-order valence-corrected chi connectivity index (χ3v) is 6.39. The zero-order valence-corrected chi connectivity index (χ0v) is 21.7. The number of benzene rings is 3. The van der Waals surface area contributed by atoms with Crippen LogP contribution in [0.5, 0.6) is 17.2 Å². The molecule has 0 fully saturated rings. The Morgan fingerprint density at radius 1 is 0.868 bits per heavy atom. The molecule has 0 spiro atoms. The van der Waals surface area contributed by atoms with E-state index in [0.29, 0.717) is 51.6 Å². The summed E-state index contributed by atoms with van der Waals surface area (Å²) < 4.78 is 16.6. The standard InChI is InChI=1S/C30H28N4O4/c1-18-10-12-19(13-11-18)17-31-30(35)22-14-23(21-15-25(37-3)26(38-4)16-24(21)36-2)32-29-27(22)28(33-34-29)20-8-6-5-7-9-20/h5-16H,17H2,1-4H3,(H,31,35)(H,32,33,34). The Kier molecular flexibility index (Phi) is 6.95. The molecule has 0 bridgehead atoms. The fourth-order valence-electron chi connectivity index (χ4n) is 4.37. The van der Waals surface area contributed by atoms with Crippen molar-refractivity contribution in [3.63, 3.8) is 0 Å². The second-order valence-corrected chi connectivity index (χ2v) is 8.79. The first-order chi connectivity index (χ1) is 18.5. The molecule has 8 nitrogen and oxygen atoms in total. The fourth-order valence-corrected chi connectivity index (χ4v) is 4.37. The van der Waals surface area contributed by atoms with Crippen molar-refractivity contribution in [1.29, 1.82) is 0 Å². The van der Waals surface area contributed by atoms with Gasteiger partial charge < -0.3 is 19.5 Å². The van der Waals surface area contributed by atoms with E-state index < -0.39 is 0 Å². The maximum absolute atomic E-state index is 13.7. The van der Waals surface area contributed by atoms with Crippen molar-refractivity contribution in [1.82, 2.24) is 20.5 Å². The van der Waals surface area contributed by atoms with Crippen LogP contribution in [0.3, 0.4) is 0 Å². The Hall–Kier alpha value is -4.85. The van der Waals surface area contributed by atoms with Crippen LogP contribution in [-0.2, 0) is 6.54 Å². The molecule has 0 aliphatic heterocycles. The number of amides is 1. The Bertz CT molecular complexity index is 1590. The molecule has 0 saturated heterocycles. The predicted molar refractivity (Wildman–Crippen MR) is 147 cm³/mol. The summed E-state index contributed by atoms with van der Waals surface area (Å²) in [6, 6.07) is 23.1. The highest BCUT2D eigenvalue weighted by molar-refractivity contribution is 6.11. The molecular weight excluding hydrogens is 480 g/mol. The average Bonchev–Trinajstić information content (AvgIpc) is 3.40. The molecule has 0 atom stereocenters. The maximum Gasteiger partial charge on any atom is 0.252 e. The van der Waals surface area contributed by atoms with Crippen molar-refractivity contribution in [2.45, 2.75) is 13.5 Å². The van der Waals surface area contributed by atoms with Crippen LogP contribution < -0.4 is 19.5 Å². The number of H-pyrrole nitrogens is 1. The van der Waals surface area contributed by atoms with E-state index >= 15 is 0 Å². The number of hydrogen-bond acceptors (Lipinski definition) is 6. The number of carbonyl (C=O) groups excluding carboxylic acids is 1. The van der Waals surface area contributed by atoms with Crippen LogP contribution in [0.2, 0.25) is 0 Å². The van der Waals surface area contributed by atoms with Gasteiger partial charge in [0.05, 0.1) is 43.7 Å². The van der Waals surface area contributed by atoms with Gasteiger partial charge in [0.1, 0.15) is 5.75 Å². The molecule has 1 amide bonds. The summed E-state index contributed by atoms with van der Waals surface area (Å²) in [5, 5.41) is 11.3. The summed E-state index contributed by atoms with van der Waals surface area (Å²) in [6.45, 7) is 2.42. The second kappa shape index (κ2) is 10.6. The first-order valence-electron chi connectivity index (χ1n) is 12.1. The smallest absolute Gasteiger partial charge is 0.252 e. The minimum atomic E-state index is -0.239. The summed E-state index contributed by atoms with van der Waals surface area (Å²) in [7, 11) is 4.70. The molecule has 0 radical (unpaired) electrons. The number of rotatable bonds is 8. The first-order valence-corrected chi connectivity index (χ1v) is 12.1. The predicted octanol–water partition coefficient (Wildman–Crippen LogP) is 5.56. The number of fused-ring (bicyclic) bond motifs is 1. The SMILES string of the molecule is COc1cc(OC)c(-c2cc(C(=O)NCc3ccc(C)cc3)c3c(-c4ccccc4)[nH]nc3n2)cc1OC. The van der Waals surface area contributed by atoms with Gasteiger partial charge in [-0.05, 0) is 24.6 Å². The van der Waals surface area contributed by atoms with E-state index in [1.165, 1.54) is 0 Å². The molecule has 5 rings (SSSR count). The van der Waals surface area contributed by atoms with Gasteiger partial charge in [-0.1, -0.05) is 60.2 Å². The van der Waals surface area contributed by atoms with Crippen molar-refractivity contribution >= 4 is 16.9 Å². The van der Waals surface area contributed by atoms with Gasteiger partial charge in [0.2, 0.25) is 0 Å². The molecule has 0 aliphatic carbocycles. The molecule has 2 heterocycles. The maximum atomic E-state index is 13.7. The minimum absolute atomic E-state index is 0.239. The van der Waals surface area contributed by atoms with Gasteiger partial charge in [0.15, 0.2) is 17.1 Å². The van der Waals surface area contributed by atoms with Gasteiger partial charge in [0.25, 0.3) is 5.91 Å². The van der Waals surface area contributed by atoms with E-state index in [9.17, 15) is 4.79 Å². The summed E-state index contributed by atoms with van der Waals surface area (Å²) in [6.07, 6.45) is 0. The molecule has 2 N–H and O–H groups in total. The molecular formula is C30H28N4O4. The van der Waals surface area contributed by atoms with Gasteiger partial charge in [-0.2, -0.15) is 5.10 Å². The molecule has 8 heteroatoms. The van der Waals surface area contributed by atoms with Gasteiger partial charge in [-0.15, -0.1) is 0 Å². The van der Waals surface area contributed by atoms with Crippen molar-refractivity contribution in [2.24, 2.45) is 0 Å². The molecule has 38 heavy (non-hydrogen) atoms. The number of hydrogen-bond donors (Lipinski definition) is 2. The van der Waals surface area contributed by atoms with Crippen LogP contribution in [0, 0.1) is 6.92 Å². The summed E-state index contributed by atoms with van der Waals surface area (Å²) in [4.78, 5) is 18.5. The fraction of sp³-hybridized carbons (Fsp3) is 0.167. The van der Waals surface area contributed by atoms with E-state index in [0.717, 1.165) is 22.4 Å². The van der Waals surface area contributed by atoms with E-state index in [4.69, 9.17) is 19.2 Å². The second-order valence-electron chi connectivity index (χ2n) is 8.79. The van der Waals surface area contributed by atoms with Crippen molar-refractivity contribution in [3.8, 4) is 39.8 Å². The van der Waals surface area contributed by atoms with Gasteiger partial charge in [0, 0.05) is 23.7 Å². The largest absolute Gasteiger partial charge is 0.496 e. The van der Waals surface area contributed by atoms with Crippen LogP contribution in [-0.4, -0.2) is 42.4 Å². The number of methoxy groups -OCH3 is 3. The monoisotopic (exact) mass is 508 g/mol. The minimum Gasteiger partial charge on any atom is -0.496 e. The van der Waals surface area contributed by atoms with E-state index in [2.05, 4.69) is 15.5 Å². The number of aromatic nitrogens is 3. The summed E-state index contributed by atoms with van der Waals surface area (Å²) in [5.41, 5.74) is 5.81. The number of aryl methyl sites for hydroxylation is 1. The van der Waals surface area contributed by atoms with Crippen LogP contribution in [0.15, 0.2) is 72.8 Å². The highest BCUT2D eigenvalue weighted by Gasteiger charge is 2.22. The molecule has 0 aliphatic rings. The Labute approximate surface area is 220 Å². The highest BCUT2D eigenvalue weighted by atomic mass is 16.5. The number of ether oxygens (including phenoxy) is 3. The van der Waals surface area contributed by atoms with Crippen molar-refractivity contribution in [2.75, 3.05) is 21.3 Å². The number of nitrogens with zero attached hydrogens (tertiary/aromatic N) is 2. The van der Waals surface area contributed by atoms with E-state index in [1.54, 1.807) is 39.5 Å². The Morgan fingerprint density at radius 2 is 1.55 bits per heavy atom. The van der Waals surface area contributed by atoms with Crippen LogP contribution in [0.4, 0.5) is 0 Å².